The van der Waals surface area contributed by atoms with Gasteiger partial charge in [0.25, 0.3) is 0 Å². The van der Waals surface area contributed by atoms with E-state index in [9.17, 15) is 8.42 Å². The third kappa shape index (κ3) is 2.21. The maximum atomic E-state index is 12.8. The van der Waals surface area contributed by atoms with E-state index in [-0.39, 0.29) is 6.04 Å². The molecule has 0 N–H and O–H groups in total. The van der Waals surface area contributed by atoms with Crippen molar-refractivity contribution in [3.8, 4) is 0 Å². The van der Waals surface area contributed by atoms with Crippen molar-refractivity contribution in [2.75, 3.05) is 6.54 Å². The molecule has 0 bridgehead atoms. The molecule has 2 heterocycles. The Labute approximate surface area is 127 Å². The van der Waals surface area contributed by atoms with Crippen LogP contribution < -0.4 is 0 Å². The van der Waals surface area contributed by atoms with Crippen molar-refractivity contribution >= 4 is 26.0 Å². The summed E-state index contributed by atoms with van der Waals surface area (Å²) in [4.78, 5) is 0.332. The van der Waals surface area contributed by atoms with Gasteiger partial charge in [-0.3, -0.25) is 0 Å². The van der Waals surface area contributed by atoms with E-state index in [1.165, 1.54) is 0 Å². The van der Waals surface area contributed by atoms with Gasteiger partial charge in [-0.2, -0.15) is 4.31 Å². The average Bonchev–Trinajstić information content (AvgIpc) is 2.88. The summed E-state index contributed by atoms with van der Waals surface area (Å²) in [6.45, 7) is 3.12. The minimum absolute atomic E-state index is 0.150. The molecule has 0 aliphatic carbocycles. The first kappa shape index (κ1) is 13.9. The molecular weight excluding hydrogens is 340 g/mol. The Kier molecular flexibility index (Phi) is 3.48. The molecule has 4 nitrogen and oxygen atoms in total. The number of fused-ring (bicyclic) bond motifs is 1. The lowest BCUT2D eigenvalue weighted by atomic mass is 10.2. The molecule has 0 radical (unpaired) electrons. The largest absolute Gasteiger partial charge is 0.349 e. The minimum Gasteiger partial charge on any atom is -0.349 e. The molecule has 20 heavy (non-hydrogen) atoms. The quantitative estimate of drug-likeness (QED) is 0.831. The molecule has 0 saturated heterocycles. The molecular formula is C14H15BrN2O2S. The SMILES string of the molecule is CC1c2cccn2CCN1S(=O)(=O)c1cccc(Br)c1. The predicted octanol–water partition coefficient (Wildman–Crippen LogP) is 3.02. The Balaban J connectivity index is 2.01. The zero-order chi connectivity index (χ0) is 14.3. The zero-order valence-corrected chi connectivity index (χ0v) is 13.4. The highest BCUT2D eigenvalue weighted by molar-refractivity contribution is 9.10. The number of aromatic nitrogens is 1. The fourth-order valence-corrected chi connectivity index (χ4v) is 4.84. The van der Waals surface area contributed by atoms with Crippen LogP contribution >= 0.6 is 15.9 Å². The summed E-state index contributed by atoms with van der Waals surface area (Å²) >= 11 is 3.33. The first-order chi connectivity index (χ1) is 9.50. The van der Waals surface area contributed by atoms with E-state index < -0.39 is 10.0 Å². The maximum absolute atomic E-state index is 12.8. The monoisotopic (exact) mass is 354 g/mol. The summed E-state index contributed by atoms with van der Waals surface area (Å²) in [6, 6.07) is 10.6. The van der Waals surface area contributed by atoms with Crippen LogP contribution in [0.2, 0.25) is 0 Å². The Morgan fingerprint density at radius 2 is 2.00 bits per heavy atom. The predicted molar refractivity (Wildman–Crippen MR) is 80.9 cm³/mol. The van der Waals surface area contributed by atoms with Gasteiger partial charge in [-0.1, -0.05) is 22.0 Å². The molecule has 1 aliphatic rings. The molecule has 0 saturated carbocycles. The van der Waals surface area contributed by atoms with Crippen LogP contribution in [0.5, 0.6) is 0 Å². The molecule has 1 unspecified atom stereocenters. The van der Waals surface area contributed by atoms with Gasteiger partial charge in [-0.15, -0.1) is 0 Å². The summed E-state index contributed by atoms with van der Waals surface area (Å²) in [5.41, 5.74) is 1.04. The average molecular weight is 355 g/mol. The van der Waals surface area contributed by atoms with Gasteiger partial charge < -0.3 is 4.57 Å². The molecule has 2 aromatic rings. The second-order valence-electron chi connectivity index (χ2n) is 4.88. The first-order valence-electron chi connectivity index (χ1n) is 6.42. The van der Waals surface area contributed by atoms with Crippen molar-refractivity contribution in [3.05, 3.63) is 52.8 Å². The molecule has 3 rings (SSSR count). The van der Waals surface area contributed by atoms with Crippen molar-refractivity contribution in [2.24, 2.45) is 0 Å². The number of benzene rings is 1. The summed E-state index contributed by atoms with van der Waals surface area (Å²) in [5.74, 6) is 0. The smallest absolute Gasteiger partial charge is 0.243 e. The van der Waals surface area contributed by atoms with Crippen LogP contribution in [-0.2, 0) is 16.6 Å². The van der Waals surface area contributed by atoms with Crippen LogP contribution in [0.3, 0.4) is 0 Å². The summed E-state index contributed by atoms with van der Waals surface area (Å²) in [5, 5.41) is 0. The van der Waals surface area contributed by atoms with E-state index in [2.05, 4.69) is 20.5 Å². The lowest BCUT2D eigenvalue weighted by Gasteiger charge is -2.33. The Hall–Kier alpha value is -1.11. The molecule has 1 aromatic carbocycles. The van der Waals surface area contributed by atoms with E-state index in [4.69, 9.17) is 0 Å². The van der Waals surface area contributed by atoms with Gasteiger partial charge >= 0.3 is 0 Å². The highest BCUT2D eigenvalue weighted by Crippen LogP contribution is 2.31. The van der Waals surface area contributed by atoms with Crippen LogP contribution in [0.1, 0.15) is 18.7 Å². The minimum atomic E-state index is -3.46. The van der Waals surface area contributed by atoms with Gasteiger partial charge in [0.15, 0.2) is 0 Å². The lowest BCUT2D eigenvalue weighted by Crippen LogP contribution is -2.40. The summed E-state index contributed by atoms with van der Waals surface area (Å²) in [6.07, 6.45) is 1.99. The fraction of sp³-hybridized carbons (Fsp3) is 0.286. The second-order valence-corrected chi connectivity index (χ2v) is 7.68. The van der Waals surface area contributed by atoms with Gasteiger partial charge in [0, 0.05) is 29.5 Å². The van der Waals surface area contributed by atoms with Crippen molar-refractivity contribution in [1.29, 1.82) is 0 Å². The number of halogens is 1. The van der Waals surface area contributed by atoms with Gasteiger partial charge in [-0.05, 0) is 37.3 Å². The van der Waals surface area contributed by atoms with Crippen molar-refractivity contribution < 1.29 is 8.42 Å². The Morgan fingerprint density at radius 1 is 1.20 bits per heavy atom. The van der Waals surface area contributed by atoms with E-state index in [0.717, 1.165) is 10.2 Å². The van der Waals surface area contributed by atoms with Crippen LogP contribution in [0.15, 0.2) is 52.0 Å². The summed E-state index contributed by atoms with van der Waals surface area (Å²) in [7, 11) is -3.46. The number of rotatable bonds is 2. The summed E-state index contributed by atoms with van der Waals surface area (Å²) < 4.78 is 30.0. The highest BCUT2D eigenvalue weighted by atomic mass is 79.9. The molecule has 0 spiro atoms. The number of hydrogen-bond donors (Lipinski definition) is 0. The Bertz CT molecular complexity index is 739. The van der Waals surface area contributed by atoms with Gasteiger partial charge in [-0.25, -0.2) is 8.42 Å². The number of sulfonamides is 1. The lowest BCUT2D eigenvalue weighted by molar-refractivity contribution is 0.282. The molecule has 1 aliphatic heterocycles. The molecule has 0 fully saturated rings. The van der Waals surface area contributed by atoms with Crippen molar-refractivity contribution in [1.82, 2.24) is 8.87 Å². The normalized spacial score (nSPS) is 19.8. The third-order valence-electron chi connectivity index (χ3n) is 3.69. The van der Waals surface area contributed by atoms with E-state index in [0.29, 0.717) is 18.0 Å². The maximum Gasteiger partial charge on any atom is 0.243 e. The highest BCUT2D eigenvalue weighted by Gasteiger charge is 2.33. The van der Waals surface area contributed by atoms with Gasteiger partial charge in [0.1, 0.15) is 0 Å². The Morgan fingerprint density at radius 3 is 2.75 bits per heavy atom. The van der Waals surface area contributed by atoms with Crippen LogP contribution in [-0.4, -0.2) is 23.8 Å². The van der Waals surface area contributed by atoms with Crippen LogP contribution in [0.25, 0.3) is 0 Å². The molecule has 6 heteroatoms. The molecule has 1 atom stereocenters. The van der Waals surface area contributed by atoms with E-state index in [1.807, 2.05) is 31.3 Å². The van der Waals surface area contributed by atoms with Gasteiger partial charge in [0.05, 0.1) is 10.9 Å². The number of hydrogen-bond acceptors (Lipinski definition) is 2. The topological polar surface area (TPSA) is 42.3 Å². The van der Waals surface area contributed by atoms with E-state index >= 15 is 0 Å². The van der Waals surface area contributed by atoms with Gasteiger partial charge in [0.2, 0.25) is 10.0 Å². The second kappa shape index (κ2) is 5.02. The van der Waals surface area contributed by atoms with Crippen molar-refractivity contribution in [2.45, 2.75) is 24.4 Å². The standard InChI is InChI=1S/C14H15BrN2O2S/c1-11-14-6-3-7-16(14)8-9-17(11)20(18,19)13-5-2-4-12(15)10-13/h2-7,10-11H,8-9H2,1H3. The fourth-order valence-electron chi connectivity index (χ4n) is 2.65. The van der Waals surface area contributed by atoms with Crippen molar-refractivity contribution in [3.63, 3.8) is 0 Å². The first-order valence-corrected chi connectivity index (χ1v) is 8.66. The molecule has 0 amide bonds. The zero-order valence-electron chi connectivity index (χ0n) is 11.0. The molecule has 1 aromatic heterocycles. The van der Waals surface area contributed by atoms with Crippen LogP contribution in [0, 0.1) is 0 Å². The third-order valence-corrected chi connectivity index (χ3v) is 6.15. The molecule has 106 valence electrons. The number of nitrogens with zero attached hydrogens (tertiary/aromatic N) is 2. The van der Waals surface area contributed by atoms with E-state index in [1.54, 1.807) is 22.5 Å². The van der Waals surface area contributed by atoms with Crippen LogP contribution in [0.4, 0.5) is 0 Å².